The minimum absolute atomic E-state index is 0.619. The molecule has 2 aliphatic heterocycles. The number of aliphatic imine (C=N–C) groups is 1. The van der Waals surface area contributed by atoms with E-state index in [1.54, 1.807) is 0 Å². The number of ether oxygens (including phenoxy) is 1. The number of nitrogens with one attached hydrogen (secondary N) is 1. The number of likely N-dealkylation sites (tertiary alicyclic amines) is 2. The van der Waals surface area contributed by atoms with E-state index < -0.39 is 0 Å². The Balaban J connectivity index is 1.54. The van der Waals surface area contributed by atoms with Gasteiger partial charge in [-0.2, -0.15) is 0 Å². The molecule has 28 heavy (non-hydrogen) atoms. The van der Waals surface area contributed by atoms with Gasteiger partial charge in [-0.15, -0.1) is 0 Å². The van der Waals surface area contributed by atoms with Crippen molar-refractivity contribution in [2.75, 3.05) is 46.4 Å². The van der Waals surface area contributed by atoms with Crippen LogP contribution in [0, 0.1) is 5.92 Å². The molecule has 0 amide bonds. The van der Waals surface area contributed by atoms with Crippen molar-refractivity contribution in [3.63, 3.8) is 0 Å². The van der Waals surface area contributed by atoms with E-state index in [0.717, 1.165) is 45.4 Å². The molecule has 1 N–H and O–H groups in total. The third-order valence-corrected chi connectivity index (χ3v) is 6.00. The average molecular weight is 387 g/mol. The molecule has 0 aromatic heterocycles. The Morgan fingerprint density at radius 2 is 1.86 bits per heavy atom. The minimum Gasteiger partial charge on any atom is -0.381 e. The van der Waals surface area contributed by atoms with Crippen LogP contribution in [0.1, 0.15) is 50.2 Å². The molecule has 5 heteroatoms. The highest BCUT2D eigenvalue weighted by Crippen LogP contribution is 2.18. The Kier molecular flexibility index (Phi) is 8.62. The predicted octanol–water partition coefficient (Wildman–Crippen LogP) is 3.50. The first-order chi connectivity index (χ1) is 13.8. The molecule has 0 saturated carbocycles. The van der Waals surface area contributed by atoms with Gasteiger partial charge in [-0.05, 0) is 50.4 Å². The highest BCUT2D eigenvalue weighted by Gasteiger charge is 2.25. The van der Waals surface area contributed by atoms with E-state index in [4.69, 9.17) is 4.74 Å². The van der Waals surface area contributed by atoms with Gasteiger partial charge in [0.15, 0.2) is 5.96 Å². The predicted molar refractivity (Wildman–Crippen MR) is 117 cm³/mol. The molecule has 156 valence electrons. The van der Waals surface area contributed by atoms with Crippen LogP contribution in [0.25, 0.3) is 0 Å². The lowest BCUT2D eigenvalue weighted by Crippen LogP contribution is -2.40. The lowest BCUT2D eigenvalue weighted by atomic mass is 10.1. The highest BCUT2D eigenvalue weighted by atomic mass is 16.5. The summed E-state index contributed by atoms with van der Waals surface area (Å²) in [7, 11) is 1.89. The molecule has 3 rings (SSSR count). The summed E-state index contributed by atoms with van der Waals surface area (Å²) >= 11 is 0. The summed E-state index contributed by atoms with van der Waals surface area (Å²) in [5.41, 5.74) is 2.83. The monoisotopic (exact) mass is 386 g/mol. The highest BCUT2D eigenvalue weighted by molar-refractivity contribution is 5.80. The second-order valence-corrected chi connectivity index (χ2v) is 8.12. The fourth-order valence-electron chi connectivity index (χ4n) is 4.37. The zero-order chi connectivity index (χ0) is 19.6. The first kappa shape index (κ1) is 21.1. The maximum atomic E-state index is 5.61. The number of rotatable bonds is 7. The topological polar surface area (TPSA) is 40.1 Å². The van der Waals surface area contributed by atoms with Gasteiger partial charge < -0.3 is 15.0 Å². The number of hydrogen-bond donors (Lipinski definition) is 1. The number of guanidine groups is 1. The van der Waals surface area contributed by atoms with E-state index in [2.05, 4.69) is 51.3 Å². The molecule has 1 aromatic rings. The summed E-state index contributed by atoms with van der Waals surface area (Å²) in [6, 6.07) is 8.87. The second-order valence-electron chi connectivity index (χ2n) is 8.12. The molecule has 1 unspecified atom stereocenters. The first-order valence-corrected chi connectivity index (χ1v) is 11.1. The molecule has 2 saturated heterocycles. The molecule has 5 nitrogen and oxygen atoms in total. The number of nitrogens with zero attached hydrogens (tertiary/aromatic N) is 3. The molecule has 0 bridgehead atoms. The number of benzene rings is 1. The van der Waals surface area contributed by atoms with Crippen LogP contribution in [0.15, 0.2) is 29.3 Å². The summed E-state index contributed by atoms with van der Waals surface area (Å²) in [5.74, 6) is 1.64. The Bertz CT molecular complexity index is 610. The Morgan fingerprint density at radius 3 is 2.57 bits per heavy atom. The van der Waals surface area contributed by atoms with Crippen molar-refractivity contribution in [1.82, 2.24) is 15.1 Å². The van der Waals surface area contributed by atoms with Crippen LogP contribution in [-0.4, -0.2) is 62.2 Å². The van der Waals surface area contributed by atoms with Crippen LogP contribution >= 0.6 is 0 Å². The van der Waals surface area contributed by atoms with Gasteiger partial charge in [0.25, 0.3) is 0 Å². The van der Waals surface area contributed by atoms with E-state index in [1.165, 1.54) is 56.3 Å². The normalized spacial score (nSPS) is 21.7. The summed E-state index contributed by atoms with van der Waals surface area (Å²) in [5, 5.41) is 3.61. The lowest BCUT2D eigenvalue weighted by molar-refractivity contribution is 0.114. The van der Waals surface area contributed by atoms with Crippen LogP contribution in [0.4, 0.5) is 0 Å². The van der Waals surface area contributed by atoms with E-state index in [-0.39, 0.29) is 0 Å². The maximum Gasteiger partial charge on any atom is 0.193 e. The van der Waals surface area contributed by atoms with Gasteiger partial charge in [0.05, 0.1) is 6.61 Å². The first-order valence-electron chi connectivity index (χ1n) is 11.1. The molecule has 1 atom stereocenters. The van der Waals surface area contributed by atoms with Crippen molar-refractivity contribution in [2.24, 2.45) is 10.9 Å². The molecule has 0 radical (unpaired) electrons. The minimum atomic E-state index is 0.619. The third-order valence-electron chi connectivity index (χ3n) is 6.00. The Hall–Kier alpha value is -1.59. The van der Waals surface area contributed by atoms with Crippen LogP contribution in [-0.2, 0) is 17.8 Å². The molecular formula is C23H38N4O. The van der Waals surface area contributed by atoms with Gasteiger partial charge in [-0.3, -0.25) is 9.89 Å². The van der Waals surface area contributed by atoms with Crippen molar-refractivity contribution in [3.05, 3.63) is 35.4 Å². The average Bonchev–Trinajstić information content (AvgIpc) is 3.04. The van der Waals surface area contributed by atoms with Crippen LogP contribution < -0.4 is 5.32 Å². The molecular weight excluding hydrogens is 348 g/mol. The van der Waals surface area contributed by atoms with Crippen molar-refractivity contribution >= 4 is 5.96 Å². The van der Waals surface area contributed by atoms with Gasteiger partial charge in [-0.1, -0.05) is 37.1 Å². The fourth-order valence-corrected chi connectivity index (χ4v) is 4.37. The quantitative estimate of drug-likeness (QED) is 0.575. The summed E-state index contributed by atoms with van der Waals surface area (Å²) < 4.78 is 5.61. The molecule has 2 aliphatic rings. The fraction of sp³-hybridized carbons (Fsp3) is 0.696. The third kappa shape index (κ3) is 6.21. The van der Waals surface area contributed by atoms with Crippen molar-refractivity contribution in [1.29, 1.82) is 0 Å². The van der Waals surface area contributed by atoms with Crippen molar-refractivity contribution in [3.8, 4) is 0 Å². The zero-order valence-corrected chi connectivity index (χ0v) is 17.8. The van der Waals surface area contributed by atoms with Gasteiger partial charge in [0.1, 0.15) is 0 Å². The summed E-state index contributed by atoms with van der Waals surface area (Å²) in [6.45, 7) is 10.2. The number of hydrogen-bond acceptors (Lipinski definition) is 3. The Labute approximate surface area is 171 Å². The van der Waals surface area contributed by atoms with E-state index in [9.17, 15) is 0 Å². The smallest absolute Gasteiger partial charge is 0.193 e. The summed E-state index contributed by atoms with van der Waals surface area (Å²) in [6.07, 6.45) is 6.63. The van der Waals surface area contributed by atoms with Crippen LogP contribution in [0.2, 0.25) is 0 Å². The summed E-state index contributed by atoms with van der Waals surface area (Å²) in [4.78, 5) is 9.54. The zero-order valence-electron chi connectivity index (χ0n) is 17.8. The van der Waals surface area contributed by atoms with Gasteiger partial charge >= 0.3 is 0 Å². The largest absolute Gasteiger partial charge is 0.381 e. The van der Waals surface area contributed by atoms with E-state index in [0.29, 0.717) is 5.92 Å². The lowest BCUT2D eigenvalue weighted by Gasteiger charge is -2.24. The van der Waals surface area contributed by atoms with Crippen molar-refractivity contribution in [2.45, 2.75) is 52.1 Å². The molecule has 1 aromatic carbocycles. The SMILES string of the molecule is CCOCC1CCN(C(=NC)NCc2ccccc2CN2CCCCCC2)C1. The van der Waals surface area contributed by atoms with E-state index >= 15 is 0 Å². The maximum absolute atomic E-state index is 5.61. The van der Waals surface area contributed by atoms with Crippen molar-refractivity contribution < 1.29 is 4.74 Å². The van der Waals surface area contributed by atoms with Gasteiger partial charge in [-0.25, -0.2) is 0 Å². The standard InChI is InChI=1S/C23H38N4O/c1-3-28-19-20-12-15-27(17-20)23(24-2)25-16-21-10-6-7-11-22(21)18-26-13-8-4-5-9-14-26/h6-7,10-11,20H,3-5,8-9,12-19H2,1-2H3,(H,24,25). The van der Waals surface area contributed by atoms with E-state index in [1.807, 2.05) is 7.05 Å². The Morgan fingerprint density at radius 1 is 1.11 bits per heavy atom. The molecule has 2 fully saturated rings. The van der Waals surface area contributed by atoms with Gasteiger partial charge in [0, 0.05) is 45.8 Å². The second kappa shape index (κ2) is 11.4. The van der Waals surface area contributed by atoms with Crippen LogP contribution in [0.5, 0.6) is 0 Å². The molecule has 0 spiro atoms. The van der Waals surface area contributed by atoms with Crippen LogP contribution in [0.3, 0.4) is 0 Å². The molecule has 2 heterocycles. The van der Waals surface area contributed by atoms with Gasteiger partial charge in [0.2, 0.25) is 0 Å². The molecule has 0 aliphatic carbocycles.